The van der Waals surface area contributed by atoms with Crippen LogP contribution < -0.4 is 14.8 Å². The van der Waals surface area contributed by atoms with Crippen LogP contribution in [-0.4, -0.2) is 26.1 Å². The predicted octanol–water partition coefficient (Wildman–Crippen LogP) is 4.04. The highest BCUT2D eigenvalue weighted by atomic mass is 16.5. The van der Waals surface area contributed by atoms with Gasteiger partial charge in [0.25, 0.3) is 0 Å². The van der Waals surface area contributed by atoms with Gasteiger partial charge in [-0.05, 0) is 29.8 Å². The standard InChI is InChI=1S/C24H21NO5/c1-28-19-12-11-15(13-18(19)24(27)29-2)14-25-23(26)22-16-7-3-5-9-20(16)30-21-10-6-4-8-17(21)22/h3-13,22H,14H2,1-2H3,(H,25,26). The van der Waals surface area contributed by atoms with Crippen LogP contribution in [-0.2, 0) is 16.1 Å². The molecule has 0 atom stereocenters. The molecule has 0 aliphatic carbocycles. The first-order chi connectivity index (χ1) is 14.6. The zero-order valence-electron chi connectivity index (χ0n) is 16.7. The zero-order valence-corrected chi connectivity index (χ0v) is 16.7. The van der Waals surface area contributed by atoms with E-state index in [1.807, 2.05) is 48.5 Å². The molecule has 0 bridgehead atoms. The lowest BCUT2D eigenvalue weighted by atomic mass is 9.87. The Hall–Kier alpha value is -3.80. The molecule has 152 valence electrons. The Morgan fingerprint density at radius 1 is 0.933 bits per heavy atom. The molecule has 1 N–H and O–H groups in total. The molecule has 0 radical (unpaired) electrons. The van der Waals surface area contributed by atoms with Crippen LogP contribution >= 0.6 is 0 Å². The summed E-state index contributed by atoms with van der Waals surface area (Å²) in [5.74, 6) is 0.650. The van der Waals surface area contributed by atoms with E-state index in [1.54, 1.807) is 18.2 Å². The number of hydrogen-bond donors (Lipinski definition) is 1. The third-order valence-corrected chi connectivity index (χ3v) is 5.08. The van der Waals surface area contributed by atoms with Crippen LogP contribution in [0.5, 0.6) is 17.2 Å². The molecular weight excluding hydrogens is 382 g/mol. The minimum absolute atomic E-state index is 0.145. The summed E-state index contributed by atoms with van der Waals surface area (Å²) in [6.07, 6.45) is 0. The molecule has 1 heterocycles. The van der Waals surface area contributed by atoms with Crippen molar-refractivity contribution in [1.82, 2.24) is 5.32 Å². The Balaban J connectivity index is 1.59. The first kappa shape index (κ1) is 19.5. The molecule has 3 aromatic carbocycles. The zero-order chi connectivity index (χ0) is 21.1. The normalized spacial score (nSPS) is 12.2. The lowest BCUT2D eigenvalue weighted by Crippen LogP contribution is -2.31. The number of rotatable bonds is 5. The van der Waals surface area contributed by atoms with Gasteiger partial charge in [-0.15, -0.1) is 0 Å². The molecule has 1 amide bonds. The quantitative estimate of drug-likeness (QED) is 0.651. The fourth-order valence-corrected chi connectivity index (χ4v) is 3.62. The maximum Gasteiger partial charge on any atom is 0.341 e. The summed E-state index contributed by atoms with van der Waals surface area (Å²) in [5.41, 5.74) is 2.71. The Kier molecular flexibility index (Phi) is 5.39. The number of benzene rings is 3. The van der Waals surface area contributed by atoms with Crippen LogP contribution in [0.25, 0.3) is 0 Å². The molecule has 6 nitrogen and oxygen atoms in total. The van der Waals surface area contributed by atoms with Crippen LogP contribution in [0, 0.1) is 0 Å². The molecule has 0 spiro atoms. The van der Waals surface area contributed by atoms with Gasteiger partial charge in [0.1, 0.15) is 22.8 Å². The molecule has 0 fully saturated rings. The number of nitrogens with one attached hydrogen (secondary N) is 1. The van der Waals surface area contributed by atoms with Crippen molar-refractivity contribution in [2.75, 3.05) is 14.2 Å². The maximum absolute atomic E-state index is 13.2. The third-order valence-electron chi connectivity index (χ3n) is 5.08. The van der Waals surface area contributed by atoms with Crippen molar-refractivity contribution >= 4 is 11.9 Å². The van der Waals surface area contributed by atoms with Crippen molar-refractivity contribution in [1.29, 1.82) is 0 Å². The fraction of sp³-hybridized carbons (Fsp3) is 0.167. The lowest BCUT2D eigenvalue weighted by molar-refractivity contribution is -0.122. The number of carbonyl (C=O) groups excluding carboxylic acids is 2. The van der Waals surface area contributed by atoms with Gasteiger partial charge < -0.3 is 19.5 Å². The van der Waals surface area contributed by atoms with Gasteiger partial charge in [-0.1, -0.05) is 42.5 Å². The van der Waals surface area contributed by atoms with Gasteiger partial charge in [-0.25, -0.2) is 4.79 Å². The summed E-state index contributed by atoms with van der Waals surface area (Å²) in [7, 11) is 2.81. The molecule has 30 heavy (non-hydrogen) atoms. The minimum atomic E-state index is -0.493. The summed E-state index contributed by atoms with van der Waals surface area (Å²) < 4.78 is 16.0. The van der Waals surface area contributed by atoms with E-state index in [2.05, 4.69) is 5.32 Å². The Bertz CT molecular complexity index is 1060. The molecule has 1 aliphatic heterocycles. The average molecular weight is 403 g/mol. The van der Waals surface area contributed by atoms with Crippen LogP contribution in [0.4, 0.5) is 0 Å². The van der Waals surface area contributed by atoms with E-state index < -0.39 is 11.9 Å². The van der Waals surface area contributed by atoms with E-state index >= 15 is 0 Å². The Morgan fingerprint density at radius 3 is 2.17 bits per heavy atom. The summed E-state index contributed by atoms with van der Waals surface area (Å²) in [5, 5.41) is 2.98. The highest BCUT2D eigenvalue weighted by Crippen LogP contribution is 2.43. The van der Waals surface area contributed by atoms with Gasteiger partial charge in [-0.3, -0.25) is 4.79 Å². The second-order valence-corrected chi connectivity index (χ2v) is 6.85. The molecule has 6 heteroatoms. The lowest BCUT2D eigenvalue weighted by Gasteiger charge is -2.27. The highest BCUT2D eigenvalue weighted by Gasteiger charge is 2.32. The van der Waals surface area contributed by atoms with E-state index in [1.165, 1.54) is 14.2 Å². The highest BCUT2D eigenvalue weighted by molar-refractivity contribution is 5.93. The smallest absolute Gasteiger partial charge is 0.341 e. The fourth-order valence-electron chi connectivity index (χ4n) is 3.62. The summed E-state index contributed by atoms with van der Waals surface area (Å²) in [6, 6.07) is 20.2. The molecule has 0 unspecified atom stereocenters. The van der Waals surface area contributed by atoms with Gasteiger partial charge in [0.05, 0.1) is 20.1 Å². The van der Waals surface area contributed by atoms with Gasteiger partial charge >= 0.3 is 5.97 Å². The summed E-state index contributed by atoms with van der Waals surface area (Å²) in [4.78, 5) is 25.2. The second kappa shape index (κ2) is 8.29. The topological polar surface area (TPSA) is 73.9 Å². The molecule has 1 aliphatic rings. The van der Waals surface area contributed by atoms with Crippen LogP contribution in [0.1, 0.15) is 33.0 Å². The number of fused-ring (bicyclic) bond motifs is 2. The molecular formula is C24H21NO5. The van der Waals surface area contributed by atoms with Crippen molar-refractivity contribution in [3.63, 3.8) is 0 Å². The summed E-state index contributed by atoms with van der Waals surface area (Å²) >= 11 is 0. The molecule has 3 aromatic rings. The molecule has 0 aromatic heterocycles. The Morgan fingerprint density at radius 2 is 1.57 bits per heavy atom. The van der Waals surface area contributed by atoms with Crippen LogP contribution in [0.15, 0.2) is 66.7 Å². The number of para-hydroxylation sites is 2. The second-order valence-electron chi connectivity index (χ2n) is 6.85. The average Bonchev–Trinajstić information content (AvgIpc) is 2.80. The van der Waals surface area contributed by atoms with Crippen LogP contribution in [0.2, 0.25) is 0 Å². The Labute approximate surface area is 174 Å². The third kappa shape index (κ3) is 3.59. The first-order valence-electron chi connectivity index (χ1n) is 9.51. The first-order valence-corrected chi connectivity index (χ1v) is 9.51. The van der Waals surface area contributed by atoms with E-state index in [-0.39, 0.29) is 12.5 Å². The maximum atomic E-state index is 13.2. The number of hydrogen-bond acceptors (Lipinski definition) is 5. The van der Waals surface area contributed by atoms with Crippen molar-refractivity contribution in [3.8, 4) is 17.2 Å². The number of esters is 1. The molecule has 0 saturated carbocycles. The van der Waals surface area contributed by atoms with E-state index in [0.717, 1.165) is 16.7 Å². The number of amides is 1. The van der Waals surface area contributed by atoms with Gasteiger partial charge in [0.15, 0.2) is 0 Å². The van der Waals surface area contributed by atoms with Crippen molar-refractivity contribution in [2.45, 2.75) is 12.5 Å². The van der Waals surface area contributed by atoms with Crippen molar-refractivity contribution < 1.29 is 23.8 Å². The van der Waals surface area contributed by atoms with Gasteiger partial charge in [0.2, 0.25) is 5.91 Å². The predicted molar refractivity (Wildman–Crippen MR) is 111 cm³/mol. The van der Waals surface area contributed by atoms with E-state index in [9.17, 15) is 9.59 Å². The molecule has 0 saturated heterocycles. The number of methoxy groups -OCH3 is 2. The van der Waals surface area contributed by atoms with E-state index in [4.69, 9.17) is 14.2 Å². The van der Waals surface area contributed by atoms with Gasteiger partial charge in [-0.2, -0.15) is 0 Å². The summed E-state index contributed by atoms with van der Waals surface area (Å²) in [6.45, 7) is 0.258. The molecule has 4 rings (SSSR count). The van der Waals surface area contributed by atoms with Gasteiger partial charge in [0, 0.05) is 17.7 Å². The van der Waals surface area contributed by atoms with E-state index in [0.29, 0.717) is 22.8 Å². The SMILES string of the molecule is COC(=O)c1cc(CNC(=O)C2c3ccccc3Oc3ccccc32)ccc1OC. The monoisotopic (exact) mass is 403 g/mol. The number of carbonyl (C=O) groups is 2. The number of ether oxygens (including phenoxy) is 3. The van der Waals surface area contributed by atoms with Crippen molar-refractivity contribution in [2.24, 2.45) is 0 Å². The van der Waals surface area contributed by atoms with Crippen molar-refractivity contribution in [3.05, 3.63) is 89.0 Å². The van der Waals surface area contributed by atoms with Crippen LogP contribution in [0.3, 0.4) is 0 Å². The minimum Gasteiger partial charge on any atom is -0.496 e. The largest absolute Gasteiger partial charge is 0.496 e.